The van der Waals surface area contributed by atoms with E-state index in [1.165, 1.54) is 0 Å². The Morgan fingerprint density at radius 2 is 1.91 bits per heavy atom. The molecule has 1 amide bonds. The van der Waals surface area contributed by atoms with Crippen molar-refractivity contribution in [2.75, 3.05) is 20.7 Å². The number of amides is 1. The summed E-state index contributed by atoms with van der Waals surface area (Å²) in [7, 11) is 3.35. The van der Waals surface area contributed by atoms with Gasteiger partial charge in [-0.15, -0.1) is 0 Å². The minimum Gasteiger partial charge on any atom is -0.496 e. The zero-order chi connectivity index (χ0) is 16.5. The molecule has 5 heteroatoms. The average molecular weight is 305 g/mol. The van der Waals surface area contributed by atoms with Gasteiger partial charge in [-0.2, -0.15) is 0 Å². The number of hydrogen-bond acceptors (Lipinski definition) is 3. The van der Waals surface area contributed by atoms with Crippen LogP contribution in [0.15, 0.2) is 24.3 Å². The molecule has 1 aromatic carbocycles. The molecule has 120 valence electrons. The van der Waals surface area contributed by atoms with Crippen molar-refractivity contribution < 1.29 is 19.4 Å². The number of carboxylic acids is 1. The SMILES string of the molecule is COc1ccccc1CCN(C)C(=O)[C@@H]1[C@H](C(=O)O)C1(C)C. The highest BCUT2D eigenvalue weighted by molar-refractivity contribution is 5.91. The second-order valence-corrected chi connectivity index (χ2v) is 6.44. The fourth-order valence-electron chi connectivity index (χ4n) is 3.10. The van der Waals surface area contributed by atoms with Crippen LogP contribution in [0.5, 0.6) is 5.75 Å². The fraction of sp³-hybridized carbons (Fsp3) is 0.529. The molecule has 0 spiro atoms. The largest absolute Gasteiger partial charge is 0.496 e. The van der Waals surface area contributed by atoms with Crippen LogP contribution in [-0.4, -0.2) is 42.6 Å². The Labute approximate surface area is 130 Å². The van der Waals surface area contributed by atoms with Crippen molar-refractivity contribution in [3.8, 4) is 5.75 Å². The third-order valence-corrected chi connectivity index (χ3v) is 4.64. The number of carbonyl (C=O) groups is 2. The predicted molar refractivity (Wildman–Crippen MR) is 82.7 cm³/mol. The predicted octanol–water partition coefficient (Wildman–Crippen LogP) is 2.05. The van der Waals surface area contributed by atoms with Crippen LogP contribution in [0.25, 0.3) is 0 Å². The molecule has 1 N–H and O–H groups in total. The van der Waals surface area contributed by atoms with E-state index in [0.717, 1.165) is 11.3 Å². The zero-order valence-electron chi connectivity index (χ0n) is 13.5. The molecule has 0 aliphatic heterocycles. The van der Waals surface area contributed by atoms with E-state index in [1.807, 2.05) is 38.1 Å². The van der Waals surface area contributed by atoms with Crippen molar-refractivity contribution in [1.82, 2.24) is 4.90 Å². The first-order valence-corrected chi connectivity index (χ1v) is 7.40. The van der Waals surface area contributed by atoms with Crippen LogP contribution >= 0.6 is 0 Å². The van der Waals surface area contributed by atoms with Gasteiger partial charge < -0.3 is 14.7 Å². The minimum absolute atomic E-state index is 0.0905. The van der Waals surface area contributed by atoms with Gasteiger partial charge in [-0.3, -0.25) is 9.59 Å². The number of carbonyl (C=O) groups excluding carboxylic acids is 1. The van der Waals surface area contributed by atoms with E-state index < -0.39 is 23.2 Å². The van der Waals surface area contributed by atoms with Gasteiger partial charge >= 0.3 is 5.97 Å². The molecule has 1 aliphatic rings. The van der Waals surface area contributed by atoms with Crippen LogP contribution in [-0.2, 0) is 16.0 Å². The lowest BCUT2D eigenvalue weighted by molar-refractivity contribution is -0.141. The van der Waals surface area contributed by atoms with E-state index in [0.29, 0.717) is 13.0 Å². The van der Waals surface area contributed by atoms with Gasteiger partial charge in [0.25, 0.3) is 0 Å². The number of aliphatic carboxylic acids is 1. The first kappa shape index (κ1) is 16.3. The summed E-state index contributed by atoms with van der Waals surface area (Å²) >= 11 is 0. The second-order valence-electron chi connectivity index (χ2n) is 6.44. The number of likely N-dealkylation sites (N-methyl/N-ethyl adjacent to an activating group) is 1. The molecule has 22 heavy (non-hydrogen) atoms. The summed E-state index contributed by atoms with van der Waals surface area (Å²) in [6.07, 6.45) is 0.678. The summed E-state index contributed by atoms with van der Waals surface area (Å²) in [5.74, 6) is -1.17. The summed E-state index contributed by atoms with van der Waals surface area (Å²) in [6.45, 7) is 4.21. The van der Waals surface area contributed by atoms with Crippen molar-refractivity contribution in [2.24, 2.45) is 17.3 Å². The van der Waals surface area contributed by atoms with Crippen LogP contribution in [0.4, 0.5) is 0 Å². The number of hydrogen-bond donors (Lipinski definition) is 1. The first-order chi connectivity index (χ1) is 10.3. The van der Waals surface area contributed by atoms with Gasteiger partial charge in [-0.25, -0.2) is 0 Å². The Bertz CT molecular complexity index is 582. The zero-order valence-corrected chi connectivity index (χ0v) is 13.5. The summed E-state index contributed by atoms with van der Waals surface area (Å²) in [6, 6.07) is 7.70. The molecule has 2 rings (SSSR count). The van der Waals surface area contributed by atoms with Gasteiger partial charge in [0.15, 0.2) is 0 Å². The second kappa shape index (κ2) is 5.99. The smallest absolute Gasteiger partial charge is 0.307 e. The van der Waals surface area contributed by atoms with E-state index in [4.69, 9.17) is 4.74 Å². The third-order valence-electron chi connectivity index (χ3n) is 4.64. The molecule has 0 aromatic heterocycles. The molecule has 0 bridgehead atoms. The molecule has 1 fully saturated rings. The quantitative estimate of drug-likeness (QED) is 0.873. The molecular formula is C17H23NO4. The lowest BCUT2D eigenvalue weighted by Gasteiger charge is -2.18. The molecule has 5 nitrogen and oxygen atoms in total. The Hall–Kier alpha value is -2.04. The number of nitrogens with zero attached hydrogens (tertiary/aromatic N) is 1. The number of ether oxygens (including phenoxy) is 1. The lowest BCUT2D eigenvalue weighted by Crippen LogP contribution is -2.32. The summed E-state index contributed by atoms with van der Waals surface area (Å²) in [4.78, 5) is 25.3. The average Bonchev–Trinajstić information content (AvgIpc) is 3.07. The van der Waals surface area contributed by atoms with Crippen LogP contribution in [0.3, 0.4) is 0 Å². The Morgan fingerprint density at radius 3 is 2.45 bits per heavy atom. The normalized spacial score (nSPS) is 22.0. The molecule has 1 aliphatic carbocycles. The number of benzene rings is 1. The molecule has 2 atom stereocenters. The van der Waals surface area contributed by atoms with Gasteiger partial charge in [0.05, 0.1) is 18.9 Å². The molecule has 0 heterocycles. The maximum atomic E-state index is 12.4. The van der Waals surface area contributed by atoms with Gasteiger partial charge in [0, 0.05) is 13.6 Å². The van der Waals surface area contributed by atoms with Crippen LogP contribution < -0.4 is 4.74 Å². The highest BCUT2D eigenvalue weighted by atomic mass is 16.5. The molecular weight excluding hydrogens is 282 g/mol. The van der Waals surface area contributed by atoms with E-state index >= 15 is 0 Å². The summed E-state index contributed by atoms with van der Waals surface area (Å²) in [5, 5.41) is 9.18. The minimum atomic E-state index is -0.888. The van der Waals surface area contributed by atoms with Gasteiger partial charge in [0.2, 0.25) is 5.91 Å². The maximum absolute atomic E-state index is 12.4. The van der Waals surface area contributed by atoms with E-state index in [2.05, 4.69) is 0 Å². The standard InChI is InChI=1S/C17H23NO4/c1-17(2)13(14(17)16(20)21)15(19)18(3)10-9-11-7-5-6-8-12(11)22-4/h5-8,13-14H,9-10H2,1-4H3,(H,20,21)/t13-,14+/m0/s1. The van der Waals surface area contributed by atoms with Crippen LogP contribution in [0.1, 0.15) is 19.4 Å². The highest BCUT2D eigenvalue weighted by Gasteiger charge is 2.66. The van der Waals surface area contributed by atoms with E-state index in [1.54, 1.807) is 19.1 Å². The number of carboxylic acid groups (broad SMARTS) is 1. The highest BCUT2D eigenvalue weighted by Crippen LogP contribution is 2.58. The Kier molecular flexibility index (Phi) is 4.44. The summed E-state index contributed by atoms with van der Waals surface area (Å²) < 4.78 is 5.30. The van der Waals surface area contributed by atoms with Gasteiger partial charge in [0.1, 0.15) is 5.75 Å². The van der Waals surface area contributed by atoms with E-state index in [9.17, 15) is 14.7 Å². The monoisotopic (exact) mass is 305 g/mol. The van der Waals surface area contributed by atoms with E-state index in [-0.39, 0.29) is 5.91 Å². The number of methoxy groups -OCH3 is 1. The Balaban J connectivity index is 1.97. The summed E-state index contributed by atoms with van der Waals surface area (Å²) in [5.41, 5.74) is 0.580. The van der Waals surface area contributed by atoms with Crippen molar-refractivity contribution >= 4 is 11.9 Å². The first-order valence-electron chi connectivity index (χ1n) is 7.40. The molecule has 0 unspecified atom stereocenters. The number of para-hydroxylation sites is 1. The lowest BCUT2D eigenvalue weighted by atomic mass is 10.1. The molecule has 0 radical (unpaired) electrons. The van der Waals surface area contributed by atoms with Crippen LogP contribution in [0, 0.1) is 17.3 Å². The topological polar surface area (TPSA) is 66.8 Å². The van der Waals surface area contributed by atoms with Gasteiger partial charge in [-0.1, -0.05) is 32.0 Å². The van der Waals surface area contributed by atoms with Crippen molar-refractivity contribution in [2.45, 2.75) is 20.3 Å². The van der Waals surface area contributed by atoms with Crippen molar-refractivity contribution in [1.29, 1.82) is 0 Å². The molecule has 0 saturated heterocycles. The maximum Gasteiger partial charge on any atom is 0.307 e. The molecule has 1 saturated carbocycles. The third kappa shape index (κ3) is 2.93. The van der Waals surface area contributed by atoms with Crippen molar-refractivity contribution in [3.05, 3.63) is 29.8 Å². The molecule has 1 aromatic rings. The van der Waals surface area contributed by atoms with Crippen LogP contribution in [0.2, 0.25) is 0 Å². The number of rotatable bonds is 6. The Morgan fingerprint density at radius 1 is 1.27 bits per heavy atom. The van der Waals surface area contributed by atoms with Crippen molar-refractivity contribution in [3.63, 3.8) is 0 Å². The fourth-order valence-corrected chi connectivity index (χ4v) is 3.10. The van der Waals surface area contributed by atoms with Gasteiger partial charge in [-0.05, 0) is 23.5 Å².